The minimum Gasteiger partial charge on any atom is -0.497 e. The van der Waals surface area contributed by atoms with E-state index in [2.05, 4.69) is 20.7 Å². The van der Waals surface area contributed by atoms with Gasteiger partial charge in [-0.15, -0.1) is 0 Å². The molecule has 1 unspecified atom stereocenters. The van der Waals surface area contributed by atoms with E-state index < -0.39 is 18.6 Å². The molecular formula is C20H19F2N3O3S. The fraction of sp³-hybridized carbons (Fsp3) is 0.200. The third-order valence-electron chi connectivity index (χ3n) is 4.31. The summed E-state index contributed by atoms with van der Waals surface area (Å²) in [6.07, 6.45) is 0. The number of anilines is 1. The Kier molecular flexibility index (Phi) is 6.28. The molecule has 29 heavy (non-hydrogen) atoms. The Morgan fingerprint density at radius 2 is 1.86 bits per heavy atom. The number of nitrogens with one attached hydrogen (secondary N) is 3. The third-order valence-corrected chi connectivity index (χ3v) is 4.53. The van der Waals surface area contributed by atoms with Crippen molar-refractivity contribution >= 4 is 28.9 Å². The van der Waals surface area contributed by atoms with Gasteiger partial charge >= 0.3 is 6.61 Å². The van der Waals surface area contributed by atoms with E-state index in [1.54, 1.807) is 56.5 Å². The van der Waals surface area contributed by atoms with E-state index >= 15 is 0 Å². The van der Waals surface area contributed by atoms with Crippen molar-refractivity contribution in [3.8, 4) is 11.5 Å². The summed E-state index contributed by atoms with van der Waals surface area (Å²) in [6.45, 7) is -1.30. The number of ether oxygens (including phenoxy) is 2. The number of methoxy groups -OCH3 is 1. The van der Waals surface area contributed by atoms with Crippen molar-refractivity contribution in [1.82, 2.24) is 10.6 Å². The molecule has 0 spiro atoms. The minimum absolute atomic E-state index is 0.0350. The minimum atomic E-state index is -2.99. The fourth-order valence-electron chi connectivity index (χ4n) is 3.02. The van der Waals surface area contributed by atoms with Crippen LogP contribution in [-0.2, 0) is 4.79 Å². The van der Waals surface area contributed by atoms with Gasteiger partial charge in [0.15, 0.2) is 5.11 Å². The van der Waals surface area contributed by atoms with Crippen molar-refractivity contribution in [2.45, 2.75) is 19.6 Å². The molecule has 1 atom stereocenters. The maximum absolute atomic E-state index is 13.0. The Morgan fingerprint density at radius 1 is 1.17 bits per heavy atom. The predicted molar refractivity (Wildman–Crippen MR) is 109 cm³/mol. The molecule has 0 saturated heterocycles. The van der Waals surface area contributed by atoms with Gasteiger partial charge in [0.1, 0.15) is 11.5 Å². The smallest absolute Gasteiger partial charge is 0.387 e. The van der Waals surface area contributed by atoms with Crippen molar-refractivity contribution in [2.24, 2.45) is 0 Å². The number of para-hydroxylation sites is 1. The summed E-state index contributed by atoms with van der Waals surface area (Å²) >= 11 is 5.20. The summed E-state index contributed by atoms with van der Waals surface area (Å²) in [6, 6.07) is 12.3. The average molecular weight is 419 g/mol. The average Bonchev–Trinajstić information content (AvgIpc) is 2.68. The maximum atomic E-state index is 13.0. The summed E-state index contributed by atoms with van der Waals surface area (Å²) < 4.78 is 35.4. The lowest BCUT2D eigenvalue weighted by Crippen LogP contribution is -2.45. The Hall–Kier alpha value is -3.20. The van der Waals surface area contributed by atoms with E-state index in [1.807, 2.05) is 0 Å². The Balaban J connectivity index is 1.95. The van der Waals surface area contributed by atoms with Crippen molar-refractivity contribution in [2.75, 3.05) is 12.4 Å². The zero-order valence-corrected chi connectivity index (χ0v) is 16.5. The van der Waals surface area contributed by atoms with Gasteiger partial charge in [0, 0.05) is 16.9 Å². The Bertz CT molecular complexity index is 948. The number of hydrogen-bond acceptors (Lipinski definition) is 4. The van der Waals surface area contributed by atoms with Crippen LogP contribution in [0, 0.1) is 0 Å². The van der Waals surface area contributed by atoms with Gasteiger partial charge in [-0.25, -0.2) is 0 Å². The third kappa shape index (κ3) is 4.80. The molecule has 1 aliphatic heterocycles. The second-order valence-corrected chi connectivity index (χ2v) is 6.58. The van der Waals surface area contributed by atoms with Gasteiger partial charge in [0.2, 0.25) is 0 Å². The molecule has 0 aliphatic carbocycles. The predicted octanol–water partition coefficient (Wildman–Crippen LogP) is 3.73. The molecule has 6 nitrogen and oxygen atoms in total. The number of amides is 1. The van der Waals surface area contributed by atoms with E-state index in [4.69, 9.17) is 17.0 Å². The van der Waals surface area contributed by atoms with Gasteiger partial charge in [0.25, 0.3) is 5.91 Å². The standard InChI is InChI=1S/C20H19F2N3O3S/c1-11-16(18(26)24-12-7-9-13(27-2)10-8-12)17(25-20(29)23-11)14-5-3-4-6-15(14)28-19(21)22/h3-10,17,19H,1-2H3,(H,24,26)(H2,23,25,29). The van der Waals surface area contributed by atoms with Crippen molar-refractivity contribution in [1.29, 1.82) is 0 Å². The molecule has 1 aliphatic rings. The number of hydrogen-bond donors (Lipinski definition) is 3. The lowest BCUT2D eigenvalue weighted by atomic mass is 9.94. The van der Waals surface area contributed by atoms with E-state index in [-0.39, 0.29) is 10.9 Å². The van der Waals surface area contributed by atoms with Gasteiger partial charge in [-0.05, 0) is 49.5 Å². The largest absolute Gasteiger partial charge is 0.497 e. The molecule has 2 aromatic rings. The van der Waals surface area contributed by atoms with Crippen molar-refractivity contribution in [3.63, 3.8) is 0 Å². The first-order chi connectivity index (χ1) is 13.9. The number of benzene rings is 2. The molecule has 2 aromatic carbocycles. The number of carbonyl (C=O) groups is 1. The van der Waals surface area contributed by atoms with Crippen LogP contribution in [0.15, 0.2) is 59.8 Å². The Morgan fingerprint density at radius 3 is 2.52 bits per heavy atom. The molecule has 0 radical (unpaired) electrons. The summed E-state index contributed by atoms with van der Waals surface area (Å²) in [5, 5.41) is 8.95. The topological polar surface area (TPSA) is 71.6 Å². The molecule has 3 rings (SSSR count). The van der Waals surface area contributed by atoms with Crippen LogP contribution < -0.4 is 25.4 Å². The summed E-state index contributed by atoms with van der Waals surface area (Å²) in [7, 11) is 1.55. The Labute approximate surface area is 171 Å². The van der Waals surface area contributed by atoms with Gasteiger partial charge in [0.05, 0.1) is 18.7 Å². The van der Waals surface area contributed by atoms with E-state index in [0.717, 1.165) is 0 Å². The highest BCUT2D eigenvalue weighted by molar-refractivity contribution is 7.80. The molecule has 9 heteroatoms. The quantitative estimate of drug-likeness (QED) is 0.620. The highest BCUT2D eigenvalue weighted by Gasteiger charge is 2.32. The summed E-state index contributed by atoms with van der Waals surface area (Å²) in [4.78, 5) is 13.0. The van der Waals surface area contributed by atoms with Crippen molar-refractivity contribution in [3.05, 3.63) is 65.4 Å². The summed E-state index contributed by atoms with van der Waals surface area (Å²) in [5.41, 5.74) is 1.74. The molecule has 0 bridgehead atoms. The molecule has 0 saturated carbocycles. The van der Waals surface area contributed by atoms with E-state index in [9.17, 15) is 13.6 Å². The van der Waals surface area contributed by atoms with Crippen LogP contribution in [-0.4, -0.2) is 24.7 Å². The molecule has 3 N–H and O–H groups in total. The first kappa shape index (κ1) is 20.5. The van der Waals surface area contributed by atoms with E-state index in [1.165, 1.54) is 6.07 Å². The SMILES string of the molecule is COc1ccc(NC(=O)C2=C(C)NC(=S)NC2c2ccccc2OC(F)F)cc1. The summed E-state index contributed by atoms with van der Waals surface area (Å²) in [5.74, 6) is 0.208. The zero-order valence-electron chi connectivity index (χ0n) is 15.7. The van der Waals surface area contributed by atoms with Gasteiger partial charge in [-0.2, -0.15) is 8.78 Å². The van der Waals surface area contributed by atoms with Crippen LogP contribution in [0.25, 0.3) is 0 Å². The number of carbonyl (C=O) groups excluding carboxylic acids is 1. The highest BCUT2D eigenvalue weighted by Crippen LogP contribution is 2.34. The first-order valence-corrected chi connectivity index (χ1v) is 9.07. The van der Waals surface area contributed by atoms with Crippen molar-refractivity contribution < 1.29 is 23.0 Å². The number of allylic oxidation sites excluding steroid dienone is 1. The van der Waals surface area contributed by atoms with E-state index in [0.29, 0.717) is 28.3 Å². The second kappa shape index (κ2) is 8.87. The number of rotatable bonds is 6. The molecule has 1 heterocycles. The maximum Gasteiger partial charge on any atom is 0.387 e. The number of alkyl halides is 2. The number of thiocarbonyl (C=S) groups is 1. The molecule has 152 valence electrons. The molecule has 1 amide bonds. The van der Waals surface area contributed by atoms with Crippen LogP contribution in [0.5, 0.6) is 11.5 Å². The normalized spacial score (nSPS) is 16.2. The molecule has 0 aromatic heterocycles. The van der Waals surface area contributed by atoms with Gasteiger partial charge in [-0.1, -0.05) is 18.2 Å². The first-order valence-electron chi connectivity index (χ1n) is 8.66. The second-order valence-electron chi connectivity index (χ2n) is 6.17. The van der Waals surface area contributed by atoms with Gasteiger partial charge in [-0.3, -0.25) is 4.79 Å². The van der Waals surface area contributed by atoms with Crippen LogP contribution >= 0.6 is 12.2 Å². The van der Waals surface area contributed by atoms with Crippen LogP contribution in [0.3, 0.4) is 0 Å². The molecular weight excluding hydrogens is 400 g/mol. The highest BCUT2D eigenvalue weighted by atomic mass is 32.1. The number of halogens is 2. The molecule has 0 fully saturated rings. The lowest BCUT2D eigenvalue weighted by Gasteiger charge is -2.31. The van der Waals surface area contributed by atoms with Gasteiger partial charge < -0.3 is 25.4 Å². The zero-order chi connectivity index (χ0) is 21.0. The fourth-order valence-corrected chi connectivity index (χ4v) is 3.29. The van der Waals surface area contributed by atoms with Crippen LogP contribution in [0.1, 0.15) is 18.5 Å². The van der Waals surface area contributed by atoms with Crippen LogP contribution in [0.2, 0.25) is 0 Å². The lowest BCUT2D eigenvalue weighted by molar-refractivity contribution is -0.113. The monoisotopic (exact) mass is 419 g/mol. The van der Waals surface area contributed by atoms with Crippen LogP contribution in [0.4, 0.5) is 14.5 Å².